The number of nitrogens with zero attached hydrogens (tertiary/aromatic N) is 4. The number of nitrogen functional groups attached to an aromatic ring is 1. The topological polar surface area (TPSA) is 166 Å². The molecule has 5 heterocycles. The lowest BCUT2D eigenvalue weighted by atomic mass is 9.66. The number of nitrogens with two attached hydrogens (primary N) is 1. The number of carbonyl (C=O) groups is 3. The molecule has 0 radical (unpaired) electrons. The van der Waals surface area contributed by atoms with Crippen molar-refractivity contribution in [3.05, 3.63) is 29.7 Å². The van der Waals surface area contributed by atoms with Gasteiger partial charge in [0.05, 0.1) is 35.0 Å². The van der Waals surface area contributed by atoms with E-state index in [0.717, 1.165) is 0 Å². The van der Waals surface area contributed by atoms with Gasteiger partial charge < -0.3 is 19.9 Å². The summed E-state index contributed by atoms with van der Waals surface area (Å²) >= 11 is 0. The molecule has 0 unspecified atom stereocenters. The molecule has 12 nitrogen and oxygen atoms in total. The molecule has 6 rings (SSSR count). The summed E-state index contributed by atoms with van der Waals surface area (Å²) in [6, 6.07) is 1.43. The van der Waals surface area contributed by atoms with Gasteiger partial charge in [0.25, 0.3) is 0 Å². The minimum atomic E-state index is -1.72. The summed E-state index contributed by atoms with van der Waals surface area (Å²) in [6.45, 7) is 3.75. The molecule has 2 fully saturated rings. The lowest BCUT2D eigenvalue weighted by Crippen LogP contribution is -2.75. The molecular formula is C22H20FN7O5. The second kappa shape index (κ2) is 7.18. The van der Waals surface area contributed by atoms with Gasteiger partial charge in [-0.3, -0.25) is 20.2 Å². The van der Waals surface area contributed by atoms with Gasteiger partial charge in [-0.05, 0) is 31.5 Å². The number of barbiturate groups is 1. The molecule has 3 atom stereocenters. The largest absolute Gasteiger partial charge is 0.372 e. The highest BCUT2D eigenvalue weighted by atomic mass is 19.1. The van der Waals surface area contributed by atoms with Crippen LogP contribution in [0.3, 0.4) is 0 Å². The third kappa shape index (κ3) is 2.87. The first-order valence-electron chi connectivity index (χ1n) is 11.0. The normalized spacial score (nSPS) is 25.3. The Labute approximate surface area is 197 Å². The molecule has 35 heavy (non-hydrogen) atoms. The van der Waals surface area contributed by atoms with Crippen LogP contribution in [0.2, 0.25) is 0 Å². The number of morpholine rings is 1. The van der Waals surface area contributed by atoms with E-state index in [4.69, 9.17) is 15.0 Å². The van der Waals surface area contributed by atoms with Crippen molar-refractivity contribution < 1.29 is 28.0 Å². The zero-order valence-electron chi connectivity index (χ0n) is 18.7. The van der Waals surface area contributed by atoms with E-state index in [0.29, 0.717) is 16.6 Å². The SMILES string of the molecule is C[C@@H]1CN2c3c(cc4c(-c5ccnc(N)n5)noc4c3F)CC3(C(=O)NC(=O)NC3=O)[C@H]2[C@H](C)O1. The molecule has 180 valence electrons. The van der Waals surface area contributed by atoms with Crippen LogP contribution in [0, 0.1) is 11.2 Å². The zero-order valence-corrected chi connectivity index (χ0v) is 18.7. The van der Waals surface area contributed by atoms with E-state index in [-0.39, 0.29) is 42.0 Å². The summed E-state index contributed by atoms with van der Waals surface area (Å²) in [6.07, 6.45) is 0.336. The Bertz CT molecular complexity index is 1420. The van der Waals surface area contributed by atoms with Crippen LogP contribution in [0.15, 0.2) is 22.9 Å². The number of hydrogen-bond donors (Lipinski definition) is 3. The Hall–Kier alpha value is -4.13. The summed E-state index contributed by atoms with van der Waals surface area (Å²) in [5.74, 6) is -2.18. The van der Waals surface area contributed by atoms with Gasteiger partial charge >= 0.3 is 6.03 Å². The van der Waals surface area contributed by atoms with Crippen molar-refractivity contribution in [2.45, 2.75) is 38.5 Å². The predicted octanol–water partition coefficient (Wildman–Crippen LogP) is 0.897. The lowest BCUT2D eigenvalue weighted by molar-refractivity contribution is -0.153. The Balaban J connectivity index is 1.60. The van der Waals surface area contributed by atoms with Crippen LogP contribution in [0.1, 0.15) is 19.4 Å². The quantitative estimate of drug-likeness (QED) is 0.425. The van der Waals surface area contributed by atoms with Gasteiger partial charge in [-0.15, -0.1) is 0 Å². The maximum Gasteiger partial charge on any atom is 0.328 e. The fourth-order valence-corrected chi connectivity index (χ4v) is 5.64. The average Bonchev–Trinajstić information content (AvgIpc) is 3.21. The van der Waals surface area contributed by atoms with E-state index >= 15 is 4.39 Å². The molecule has 2 aromatic heterocycles. The van der Waals surface area contributed by atoms with Crippen LogP contribution in [0.4, 0.5) is 20.8 Å². The molecule has 3 aromatic rings. The van der Waals surface area contributed by atoms with E-state index in [1.165, 1.54) is 6.20 Å². The molecular weight excluding hydrogens is 461 g/mol. The molecule has 0 aliphatic carbocycles. The number of ether oxygens (including phenoxy) is 1. The molecule has 4 amide bonds. The number of fused-ring (bicyclic) bond motifs is 5. The number of aromatic nitrogens is 3. The lowest BCUT2D eigenvalue weighted by Gasteiger charge is -2.55. The maximum absolute atomic E-state index is 16.1. The molecule has 3 aliphatic rings. The fraction of sp³-hybridized carbons (Fsp3) is 0.364. The number of halogens is 1. The first kappa shape index (κ1) is 21.4. The minimum Gasteiger partial charge on any atom is -0.372 e. The number of rotatable bonds is 1. The van der Waals surface area contributed by atoms with Gasteiger partial charge in [-0.2, -0.15) is 0 Å². The highest BCUT2D eigenvalue weighted by Gasteiger charge is 2.63. The number of hydrogen-bond acceptors (Lipinski definition) is 10. The molecule has 0 bridgehead atoms. The van der Waals surface area contributed by atoms with Crippen LogP contribution in [-0.2, 0) is 20.7 Å². The van der Waals surface area contributed by atoms with Gasteiger partial charge in [-0.1, -0.05) is 5.16 Å². The van der Waals surface area contributed by atoms with Crippen molar-refractivity contribution in [1.82, 2.24) is 25.8 Å². The van der Waals surface area contributed by atoms with Crippen molar-refractivity contribution in [2.24, 2.45) is 5.41 Å². The second-order valence-electron chi connectivity index (χ2n) is 9.04. The number of imide groups is 2. The van der Waals surface area contributed by atoms with Crippen LogP contribution >= 0.6 is 0 Å². The predicted molar refractivity (Wildman–Crippen MR) is 118 cm³/mol. The average molecular weight is 481 g/mol. The van der Waals surface area contributed by atoms with E-state index in [2.05, 4.69) is 25.8 Å². The number of anilines is 2. The molecule has 1 spiro atoms. The number of amides is 4. The molecule has 1 aromatic carbocycles. The van der Waals surface area contributed by atoms with Crippen molar-refractivity contribution in [3.63, 3.8) is 0 Å². The third-order valence-corrected chi connectivity index (χ3v) is 6.88. The van der Waals surface area contributed by atoms with Crippen LogP contribution in [0.25, 0.3) is 22.4 Å². The number of benzene rings is 1. The monoisotopic (exact) mass is 481 g/mol. The Morgan fingerprint density at radius 1 is 1.23 bits per heavy atom. The number of urea groups is 1. The Kier molecular flexibility index (Phi) is 4.39. The highest BCUT2D eigenvalue weighted by Crippen LogP contribution is 2.49. The Morgan fingerprint density at radius 2 is 1.97 bits per heavy atom. The molecule has 13 heteroatoms. The summed E-state index contributed by atoms with van der Waals surface area (Å²) in [4.78, 5) is 48.1. The van der Waals surface area contributed by atoms with Crippen molar-refractivity contribution in [3.8, 4) is 11.4 Å². The van der Waals surface area contributed by atoms with Gasteiger partial charge in [0, 0.05) is 19.2 Å². The van der Waals surface area contributed by atoms with Gasteiger partial charge in [0.15, 0.2) is 11.2 Å². The summed E-state index contributed by atoms with van der Waals surface area (Å²) in [5.41, 5.74) is 5.04. The van der Waals surface area contributed by atoms with Crippen LogP contribution < -0.4 is 21.3 Å². The first-order valence-corrected chi connectivity index (χ1v) is 11.0. The van der Waals surface area contributed by atoms with Crippen molar-refractivity contribution in [2.75, 3.05) is 17.2 Å². The van der Waals surface area contributed by atoms with Crippen molar-refractivity contribution >= 4 is 40.5 Å². The van der Waals surface area contributed by atoms with Crippen LogP contribution in [0.5, 0.6) is 0 Å². The van der Waals surface area contributed by atoms with Crippen molar-refractivity contribution in [1.29, 1.82) is 0 Å². The van der Waals surface area contributed by atoms with Gasteiger partial charge in [0.2, 0.25) is 23.3 Å². The third-order valence-electron chi connectivity index (χ3n) is 6.88. The summed E-state index contributed by atoms with van der Waals surface area (Å²) < 4.78 is 27.4. The molecule has 4 N–H and O–H groups in total. The van der Waals surface area contributed by atoms with Gasteiger partial charge in [-0.25, -0.2) is 19.2 Å². The van der Waals surface area contributed by atoms with Gasteiger partial charge in [0.1, 0.15) is 5.69 Å². The van der Waals surface area contributed by atoms with E-state index in [1.54, 1.807) is 24.0 Å². The second-order valence-corrected chi connectivity index (χ2v) is 9.04. The zero-order chi connectivity index (χ0) is 24.6. The smallest absolute Gasteiger partial charge is 0.328 e. The maximum atomic E-state index is 16.1. The molecule has 2 saturated heterocycles. The minimum absolute atomic E-state index is 0.00961. The molecule has 3 aliphatic heterocycles. The molecule has 0 saturated carbocycles. The highest BCUT2D eigenvalue weighted by molar-refractivity contribution is 6.20. The number of nitrogens with one attached hydrogen (secondary N) is 2. The standard InChI is InChI=1S/C22H20FN7O5/c1-8-7-30-15-10(6-22(17(30)9(2)34-8)18(31)27-21(33)28-19(22)32)5-11-14(29-35-16(11)13(15)23)12-3-4-25-20(24)26-12/h3-5,8-9,17H,6-7H2,1-2H3,(H2,24,25,26)(H2,27,28,31,32,33)/t8-,9+,17-/m1/s1. The first-order chi connectivity index (χ1) is 16.7. The van der Waals surface area contributed by atoms with E-state index in [1.807, 2.05) is 6.92 Å². The Morgan fingerprint density at radius 3 is 2.69 bits per heavy atom. The van der Waals surface area contributed by atoms with E-state index in [9.17, 15) is 14.4 Å². The number of carbonyl (C=O) groups excluding carboxylic acids is 3. The summed E-state index contributed by atoms with van der Waals surface area (Å²) in [7, 11) is 0. The van der Waals surface area contributed by atoms with E-state index < -0.39 is 41.2 Å². The fourth-order valence-electron chi connectivity index (χ4n) is 5.64. The summed E-state index contributed by atoms with van der Waals surface area (Å²) in [5, 5.41) is 8.73. The van der Waals surface area contributed by atoms with Crippen LogP contribution in [-0.4, -0.2) is 57.8 Å².